The van der Waals surface area contributed by atoms with E-state index < -0.39 is 49.1 Å². The van der Waals surface area contributed by atoms with Gasteiger partial charge in [-0.15, -0.1) is 0 Å². The lowest BCUT2D eigenvalue weighted by molar-refractivity contribution is -0.137. The molecule has 0 aromatic rings. The van der Waals surface area contributed by atoms with Crippen LogP contribution < -0.4 is 5.73 Å². The summed E-state index contributed by atoms with van der Waals surface area (Å²) >= 11 is 0. The molecule has 0 fully saturated rings. The smallest absolute Gasteiger partial charge is 0.324 e. The zero-order chi connectivity index (χ0) is 19.6. The van der Waals surface area contributed by atoms with Gasteiger partial charge in [-0.25, -0.2) is 0 Å². The van der Waals surface area contributed by atoms with Gasteiger partial charge >= 0.3 is 11.9 Å². The summed E-state index contributed by atoms with van der Waals surface area (Å²) in [4.78, 5) is 22.7. The highest BCUT2D eigenvalue weighted by Crippen LogP contribution is 2.05. The number of carbonyl (C=O) groups is 2. The minimum Gasteiger partial charge on any atom is -0.480 e. The van der Waals surface area contributed by atoms with E-state index in [1.54, 1.807) is 0 Å². The highest BCUT2D eigenvalue weighted by Gasteiger charge is 2.30. The Kier molecular flexibility index (Phi) is 10.9. The summed E-state index contributed by atoms with van der Waals surface area (Å²) in [5, 5.41) is 15.8. The van der Waals surface area contributed by atoms with Gasteiger partial charge in [0, 0.05) is 11.5 Å². The van der Waals surface area contributed by atoms with Gasteiger partial charge < -0.3 is 15.9 Å². The highest BCUT2D eigenvalue weighted by atomic mass is 32.2. The number of hydrogen-bond donors (Lipinski definition) is 5. The van der Waals surface area contributed by atoms with E-state index in [4.69, 9.17) is 30.6 Å². The lowest BCUT2D eigenvalue weighted by Gasteiger charge is -2.05. The van der Waals surface area contributed by atoms with Crippen molar-refractivity contribution in [2.75, 3.05) is 13.1 Å². The second-order valence-corrected chi connectivity index (χ2v) is 7.20. The van der Waals surface area contributed by atoms with E-state index in [1.165, 1.54) is 0 Å². The number of rotatable bonds is 9. The molecule has 16 heteroatoms. The number of azide groups is 1. The lowest BCUT2D eigenvalue weighted by atomic mass is 10.3. The van der Waals surface area contributed by atoms with Crippen molar-refractivity contribution in [2.45, 2.75) is 23.3 Å². The molecular weight excluding hydrogens is 376 g/mol. The molecule has 0 radical (unpaired) electrons. The average Bonchev–Trinajstić information content (AvgIpc) is 2.38. The summed E-state index contributed by atoms with van der Waals surface area (Å²) in [5.74, 6) is -3.26. The van der Waals surface area contributed by atoms with Crippen LogP contribution >= 0.6 is 0 Å². The molecular formula is C8H16N4O10S2. The average molecular weight is 392 g/mol. The van der Waals surface area contributed by atoms with Gasteiger partial charge in [0.25, 0.3) is 20.2 Å². The van der Waals surface area contributed by atoms with E-state index in [0.717, 1.165) is 0 Å². The molecule has 0 saturated heterocycles. The zero-order valence-corrected chi connectivity index (χ0v) is 13.6. The quantitative estimate of drug-likeness (QED) is 0.133. The van der Waals surface area contributed by atoms with Crippen LogP contribution in [0.25, 0.3) is 10.4 Å². The van der Waals surface area contributed by atoms with Gasteiger partial charge in [-0.2, -0.15) is 16.8 Å². The Labute approximate surface area is 136 Å². The van der Waals surface area contributed by atoms with Crippen LogP contribution in [0.15, 0.2) is 5.11 Å². The second kappa shape index (κ2) is 10.7. The van der Waals surface area contributed by atoms with Crippen molar-refractivity contribution in [1.82, 2.24) is 0 Å². The highest BCUT2D eigenvalue weighted by molar-refractivity contribution is 7.87. The topological polar surface area (TPSA) is 258 Å². The number of carboxylic acids is 2. The first-order chi connectivity index (χ1) is 10.8. The Morgan fingerprint density at radius 1 is 1.00 bits per heavy atom. The fraction of sp³-hybridized carbons (Fsp3) is 0.750. The molecule has 0 aliphatic carbocycles. The first kappa shape index (κ1) is 24.3. The van der Waals surface area contributed by atoms with Crippen LogP contribution in [-0.2, 0) is 29.8 Å². The molecule has 6 N–H and O–H groups in total. The number of hydrogen-bond acceptors (Lipinski definition) is 8. The van der Waals surface area contributed by atoms with Crippen LogP contribution in [0, 0.1) is 0 Å². The van der Waals surface area contributed by atoms with E-state index >= 15 is 0 Å². The third kappa shape index (κ3) is 10.7. The Morgan fingerprint density at radius 2 is 1.38 bits per heavy atom. The second-order valence-electron chi connectivity index (χ2n) is 4.00. The predicted octanol–water partition coefficient (Wildman–Crippen LogP) is -1.30. The first-order valence-corrected chi connectivity index (χ1v) is 8.88. The normalized spacial score (nSPS) is 13.6. The van der Waals surface area contributed by atoms with Crippen LogP contribution in [-0.4, -0.2) is 71.7 Å². The third-order valence-corrected chi connectivity index (χ3v) is 4.57. The van der Waals surface area contributed by atoms with Crippen molar-refractivity contribution < 1.29 is 45.7 Å². The summed E-state index contributed by atoms with van der Waals surface area (Å²) in [7, 11) is -9.13. The van der Waals surface area contributed by atoms with Crippen molar-refractivity contribution in [3.8, 4) is 0 Å². The van der Waals surface area contributed by atoms with E-state index in [9.17, 15) is 26.4 Å². The zero-order valence-electron chi connectivity index (χ0n) is 12.0. The molecule has 140 valence electrons. The first-order valence-electron chi connectivity index (χ1n) is 5.88. The molecule has 0 heterocycles. The van der Waals surface area contributed by atoms with Crippen molar-refractivity contribution in [2.24, 2.45) is 10.8 Å². The van der Waals surface area contributed by atoms with E-state index in [0.29, 0.717) is 0 Å². The van der Waals surface area contributed by atoms with E-state index in [2.05, 4.69) is 10.0 Å². The summed E-state index contributed by atoms with van der Waals surface area (Å²) in [6.07, 6.45) is -0.730. The molecule has 0 aliphatic heterocycles. The van der Waals surface area contributed by atoms with Gasteiger partial charge in [0.05, 0.1) is 0 Å². The largest absolute Gasteiger partial charge is 0.480 e. The standard InChI is InChI=1S/C4H7N3O5S.C4H9NO5S/c5-7-6-2-1-3(4(8)9)13(10,11)12;5-2-1-3(4(6)7)11(8,9)10/h3H,1-2H2,(H,8,9)(H,10,11,12);3H,1-2,5H2,(H,6,7)(H,8,9,10). The minimum absolute atomic E-state index is 0.100. The summed E-state index contributed by atoms with van der Waals surface area (Å²) in [5.41, 5.74) is 12.7. The number of aliphatic carboxylic acids is 2. The molecule has 0 spiro atoms. The van der Waals surface area contributed by atoms with Crippen LogP contribution in [0.4, 0.5) is 0 Å². The number of nitrogens with two attached hydrogens (primary N) is 1. The SMILES string of the molecule is NCCC(C(=O)O)S(=O)(=O)O.[N-]=[N+]=NCCC(C(=O)O)S(=O)(=O)O. The van der Waals surface area contributed by atoms with Gasteiger partial charge in [-0.05, 0) is 24.9 Å². The van der Waals surface area contributed by atoms with Crippen LogP contribution in [0.2, 0.25) is 0 Å². The maximum atomic E-state index is 10.4. The fourth-order valence-electron chi connectivity index (χ4n) is 1.17. The molecule has 2 atom stereocenters. The maximum Gasteiger partial charge on any atom is 0.324 e. The molecule has 0 amide bonds. The van der Waals surface area contributed by atoms with Gasteiger partial charge in [0.15, 0.2) is 10.5 Å². The predicted molar refractivity (Wildman–Crippen MR) is 78.2 cm³/mol. The van der Waals surface area contributed by atoms with Crippen molar-refractivity contribution in [3.05, 3.63) is 10.4 Å². The molecule has 0 aromatic heterocycles. The summed E-state index contributed by atoms with van der Waals surface area (Å²) < 4.78 is 58.1. The van der Waals surface area contributed by atoms with Gasteiger partial charge in [-0.3, -0.25) is 18.7 Å². The molecule has 0 aliphatic rings. The number of carboxylic acid groups (broad SMARTS) is 2. The van der Waals surface area contributed by atoms with E-state index in [-0.39, 0.29) is 19.5 Å². The molecule has 0 saturated carbocycles. The Morgan fingerprint density at radius 3 is 1.58 bits per heavy atom. The maximum absolute atomic E-state index is 10.4. The Bertz CT molecular complexity index is 682. The number of nitrogens with zero attached hydrogens (tertiary/aromatic N) is 3. The molecule has 0 aromatic carbocycles. The van der Waals surface area contributed by atoms with E-state index in [1.807, 2.05) is 0 Å². The Hall–Kier alpha value is -1.97. The van der Waals surface area contributed by atoms with Gasteiger partial charge in [-0.1, -0.05) is 5.11 Å². The van der Waals surface area contributed by atoms with Crippen LogP contribution in [0.5, 0.6) is 0 Å². The fourth-order valence-corrected chi connectivity index (χ4v) is 2.52. The summed E-state index contributed by atoms with van der Waals surface area (Å²) in [6, 6.07) is 0. The minimum atomic E-state index is -4.63. The molecule has 2 unspecified atom stereocenters. The molecule has 0 bridgehead atoms. The van der Waals surface area contributed by atoms with Gasteiger partial charge in [0.1, 0.15) is 0 Å². The molecule has 0 rings (SSSR count). The van der Waals surface area contributed by atoms with Crippen LogP contribution in [0.1, 0.15) is 12.8 Å². The van der Waals surface area contributed by atoms with Crippen LogP contribution in [0.3, 0.4) is 0 Å². The van der Waals surface area contributed by atoms with Crippen molar-refractivity contribution in [1.29, 1.82) is 0 Å². The third-order valence-electron chi connectivity index (χ3n) is 2.25. The molecule has 24 heavy (non-hydrogen) atoms. The molecule has 14 nitrogen and oxygen atoms in total. The Balaban J connectivity index is 0. The van der Waals surface area contributed by atoms with Crippen molar-refractivity contribution in [3.63, 3.8) is 0 Å². The lowest BCUT2D eigenvalue weighted by Crippen LogP contribution is -2.31. The summed E-state index contributed by atoms with van der Waals surface area (Å²) in [6.45, 7) is -0.399. The van der Waals surface area contributed by atoms with Gasteiger partial charge in [0.2, 0.25) is 0 Å². The monoisotopic (exact) mass is 392 g/mol. The van der Waals surface area contributed by atoms with Crippen molar-refractivity contribution >= 4 is 32.2 Å².